The lowest BCUT2D eigenvalue weighted by Crippen LogP contribution is -2.26. The zero-order valence-corrected chi connectivity index (χ0v) is 10.6. The Kier molecular flexibility index (Phi) is 8.77. The zero-order chi connectivity index (χ0) is 11.5. The fourth-order valence-corrected chi connectivity index (χ4v) is 1.79. The molecule has 0 spiro atoms. The van der Waals surface area contributed by atoms with Crippen molar-refractivity contribution in [1.29, 1.82) is 0 Å². The van der Waals surface area contributed by atoms with E-state index in [0.29, 0.717) is 0 Å². The first-order valence-electron chi connectivity index (χ1n) is 6.74. The van der Waals surface area contributed by atoms with Crippen molar-refractivity contribution in [3.8, 4) is 0 Å². The lowest BCUT2D eigenvalue weighted by atomic mass is 10.2. The summed E-state index contributed by atoms with van der Waals surface area (Å²) in [6.07, 6.45) is 8.35. The lowest BCUT2D eigenvalue weighted by molar-refractivity contribution is -0.186. The predicted octanol–water partition coefficient (Wildman–Crippen LogP) is 3.13. The second-order valence-electron chi connectivity index (χ2n) is 4.34. The molecule has 16 heavy (non-hydrogen) atoms. The van der Waals surface area contributed by atoms with Gasteiger partial charge >= 0.3 is 0 Å². The Bertz CT molecular complexity index is 144. The van der Waals surface area contributed by atoms with Crippen LogP contribution in [0.2, 0.25) is 0 Å². The molecule has 1 aliphatic rings. The third kappa shape index (κ3) is 7.20. The van der Waals surface area contributed by atoms with Gasteiger partial charge in [-0.25, -0.2) is 0 Å². The first-order valence-corrected chi connectivity index (χ1v) is 6.74. The Morgan fingerprint density at radius 1 is 1.00 bits per heavy atom. The molecule has 0 unspecified atom stereocenters. The van der Waals surface area contributed by atoms with Crippen LogP contribution < -0.4 is 0 Å². The first-order chi connectivity index (χ1) is 7.93. The lowest BCUT2D eigenvalue weighted by Gasteiger charge is -2.22. The number of ether oxygens (including phenoxy) is 3. The van der Waals surface area contributed by atoms with Crippen molar-refractivity contribution in [3.05, 3.63) is 0 Å². The molecule has 0 amide bonds. The van der Waals surface area contributed by atoms with Gasteiger partial charge in [-0.05, 0) is 12.8 Å². The highest BCUT2D eigenvalue weighted by molar-refractivity contribution is 4.51. The first kappa shape index (κ1) is 13.9. The molecule has 1 fully saturated rings. The molecule has 0 N–H and O–H groups in total. The Labute approximate surface area is 99.5 Å². The molecule has 0 aromatic heterocycles. The Morgan fingerprint density at radius 2 is 1.75 bits per heavy atom. The molecule has 0 radical (unpaired) electrons. The van der Waals surface area contributed by atoms with Gasteiger partial charge in [0.25, 0.3) is 0 Å². The fourth-order valence-electron chi connectivity index (χ4n) is 1.79. The standard InChI is InChI=1S/C13H26O3/c1-2-3-4-5-6-9-14-12-8-13-15-10-7-11-16-13/h13H,2-12H2,1H3. The van der Waals surface area contributed by atoms with E-state index in [9.17, 15) is 0 Å². The van der Waals surface area contributed by atoms with E-state index in [0.717, 1.165) is 39.3 Å². The predicted molar refractivity (Wildman–Crippen MR) is 64.5 cm³/mol. The molecular weight excluding hydrogens is 204 g/mol. The van der Waals surface area contributed by atoms with Gasteiger partial charge in [0.1, 0.15) is 0 Å². The molecule has 1 aliphatic heterocycles. The van der Waals surface area contributed by atoms with E-state index in [1.807, 2.05) is 0 Å². The highest BCUT2D eigenvalue weighted by Gasteiger charge is 2.13. The molecule has 0 atom stereocenters. The number of hydrogen-bond donors (Lipinski definition) is 0. The molecule has 0 aromatic rings. The van der Waals surface area contributed by atoms with Crippen LogP contribution in [0.1, 0.15) is 51.9 Å². The quantitative estimate of drug-likeness (QED) is 0.570. The second kappa shape index (κ2) is 10.1. The van der Waals surface area contributed by atoms with E-state index in [4.69, 9.17) is 14.2 Å². The summed E-state index contributed by atoms with van der Waals surface area (Å²) in [5.41, 5.74) is 0. The van der Waals surface area contributed by atoms with Crippen molar-refractivity contribution < 1.29 is 14.2 Å². The van der Waals surface area contributed by atoms with E-state index in [2.05, 4.69) is 6.92 Å². The van der Waals surface area contributed by atoms with Gasteiger partial charge in [0.05, 0.1) is 19.8 Å². The smallest absolute Gasteiger partial charge is 0.159 e. The third-order valence-corrected chi connectivity index (χ3v) is 2.79. The van der Waals surface area contributed by atoms with E-state index >= 15 is 0 Å². The largest absolute Gasteiger partial charge is 0.381 e. The number of rotatable bonds is 9. The number of hydrogen-bond acceptors (Lipinski definition) is 3. The van der Waals surface area contributed by atoms with Crippen molar-refractivity contribution >= 4 is 0 Å². The zero-order valence-electron chi connectivity index (χ0n) is 10.6. The minimum Gasteiger partial charge on any atom is -0.381 e. The Morgan fingerprint density at radius 3 is 2.50 bits per heavy atom. The van der Waals surface area contributed by atoms with Crippen molar-refractivity contribution in [1.82, 2.24) is 0 Å². The Balaban J connectivity index is 1.77. The molecule has 3 heteroatoms. The maximum absolute atomic E-state index is 5.56. The van der Waals surface area contributed by atoms with Gasteiger partial charge in [0.15, 0.2) is 6.29 Å². The van der Waals surface area contributed by atoms with Crippen LogP contribution in [0.4, 0.5) is 0 Å². The van der Waals surface area contributed by atoms with Gasteiger partial charge in [-0.1, -0.05) is 32.6 Å². The second-order valence-corrected chi connectivity index (χ2v) is 4.34. The molecule has 3 nitrogen and oxygen atoms in total. The molecule has 0 aliphatic carbocycles. The van der Waals surface area contributed by atoms with Gasteiger partial charge in [0.2, 0.25) is 0 Å². The summed E-state index contributed by atoms with van der Waals surface area (Å²) in [5, 5.41) is 0. The van der Waals surface area contributed by atoms with Gasteiger partial charge in [-0.15, -0.1) is 0 Å². The summed E-state index contributed by atoms with van der Waals surface area (Å²) in [5.74, 6) is 0. The van der Waals surface area contributed by atoms with Gasteiger partial charge < -0.3 is 14.2 Å². The summed E-state index contributed by atoms with van der Waals surface area (Å²) < 4.78 is 16.4. The summed E-state index contributed by atoms with van der Waals surface area (Å²) in [7, 11) is 0. The molecule has 0 saturated carbocycles. The Hall–Kier alpha value is -0.120. The summed E-state index contributed by atoms with van der Waals surface area (Å²) >= 11 is 0. The maximum Gasteiger partial charge on any atom is 0.159 e. The molecule has 1 rings (SSSR count). The summed E-state index contributed by atoms with van der Waals surface area (Å²) in [4.78, 5) is 0. The van der Waals surface area contributed by atoms with Crippen LogP contribution in [0.15, 0.2) is 0 Å². The van der Waals surface area contributed by atoms with Crippen LogP contribution in [-0.4, -0.2) is 32.7 Å². The molecule has 1 saturated heterocycles. The highest BCUT2D eigenvalue weighted by atomic mass is 16.7. The monoisotopic (exact) mass is 230 g/mol. The highest BCUT2D eigenvalue weighted by Crippen LogP contribution is 2.08. The van der Waals surface area contributed by atoms with E-state index < -0.39 is 0 Å². The minimum atomic E-state index is -0.0196. The normalized spacial score (nSPS) is 17.8. The molecule has 96 valence electrons. The van der Waals surface area contributed by atoms with Crippen LogP contribution in [-0.2, 0) is 14.2 Å². The van der Waals surface area contributed by atoms with E-state index in [1.165, 1.54) is 32.1 Å². The summed E-state index contributed by atoms with van der Waals surface area (Å²) in [6.45, 7) is 5.55. The molecule has 1 heterocycles. The SMILES string of the molecule is CCCCCCCOCCC1OCCCO1. The van der Waals surface area contributed by atoms with Crippen LogP contribution in [0.25, 0.3) is 0 Å². The summed E-state index contributed by atoms with van der Waals surface area (Å²) in [6, 6.07) is 0. The van der Waals surface area contributed by atoms with Gasteiger partial charge in [-0.2, -0.15) is 0 Å². The van der Waals surface area contributed by atoms with Gasteiger partial charge in [0, 0.05) is 13.0 Å². The molecule has 0 aromatic carbocycles. The topological polar surface area (TPSA) is 27.7 Å². The van der Waals surface area contributed by atoms with Crippen LogP contribution in [0.3, 0.4) is 0 Å². The average Bonchev–Trinajstić information content (AvgIpc) is 2.34. The van der Waals surface area contributed by atoms with Crippen molar-refractivity contribution in [2.24, 2.45) is 0 Å². The van der Waals surface area contributed by atoms with Crippen molar-refractivity contribution in [2.75, 3.05) is 26.4 Å². The average molecular weight is 230 g/mol. The third-order valence-electron chi connectivity index (χ3n) is 2.79. The maximum atomic E-state index is 5.56. The van der Waals surface area contributed by atoms with E-state index in [1.54, 1.807) is 0 Å². The number of unbranched alkanes of at least 4 members (excludes halogenated alkanes) is 4. The van der Waals surface area contributed by atoms with Crippen LogP contribution in [0.5, 0.6) is 0 Å². The van der Waals surface area contributed by atoms with Crippen molar-refractivity contribution in [3.63, 3.8) is 0 Å². The van der Waals surface area contributed by atoms with E-state index in [-0.39, 0.29) is 6.29 Å². The molecular formula is C13H26O3. The van der Waals surface area contributed by atoms with Crippen LogP contribution >= 0.6 is 0 Å². The van der Waals surface area contributed by atoms with Gasteiger partial charge in [-0.3, -0.25) is 0 Å². The van der Waals surface area contributed by atoms with Crippen LogP contribution in [0, 0.1) is 0 Å². The minimum absolute atomic E-state index is 0.0196. The molecule has 0 bridgehead atoms. The fraction of sp³-hybridized carbons (Fsp3) is 1.00. The van der Waals surface area contributed by atoms with Crippen molar-refractivity contribution in [2.45, 2.75) is 58.2 Å².